The number of aromatic nitrogens is 2. The normalized spacial score (nSPS) is 25.1. The van der Waals surface area contributed by atoms with Gasteiger partial charge in [0.2, 0.25) is 12.1 Å². The molecule has 2 nitrogen and oxygen atoms in total. The van der Waals surface area contributed by atoms with E-state index < -0.39 is 0 Å². The first-order valence-electron chi connectivity index (χ1n) is 10.1. The molecule has 4 bridgehead atoms. The van der Waals surface area contributed by atoms with Crippen LogP contribution in [-0.2, 0) is 0 Å². The summed E-state index contributed by atoms with van der Waals surface area (Å²) in [7, 11) is 0. The van der Waals surface area contributed by atoms with E-state index in [2.05, 4.69) is 106 Å². The Bertz CT molecular complexity index is 969. The average molecular weight is 360 g/mol. The third kappa shape index (κ3) is 1.65. The van der Waals surface area contributed by atoms with Gasteiger partial charge in [0.15, 0.2) is 23.8 Å². The van der Waals surface area contributed by atoms with E-state index in [1.807, 2.05) is 0 Å². The molecule has 6 aliphatic rings. The largest absolute Gasteiger partial charge is 0.249 e. The van der Waals surface area contributed by atoms with Crippen molar-refractivity contribution in [3.05, 3.63) is 131 Å². The molecule has 2 heteroatoms. The van der Waals surface area contributed by atoms with E-state index in [1.165, 1.54) is 33.6 Å². The topological polar surface area (TPSA) is 7.76 Å². The number of hydrogen-bond donors (Lipinski definition) is 0. The lowest BCUT2D eigenvalue weighted by Crippen LogP contribution is -2.63. The highest BCUT2D eigenvalue weighted by atomic mass is 15.1. The molecule has 2 aromatic heterocycles. The molecule has 0 saturated carbocycles. The van der Waals surface area contributed by atoms with Crippen molar-refractivity contribution >= 4 is 0 Å². The van der Waals surface area contributed by atoms with Gasteiger partial charge in [-0.15, -0.1) is 0 Å². The van der Waals surface area contributed by atoms with Crippen molar-refractivity contribution in [1.82, 2.24) is 0 Å². The molecule has 5 aliphatic heterocycles. The summed E-state index contributed by atoms with van der Waals surface area (Å²) in [5, 5.41) is 0. The molecule has 0 saturated heterocycles. The molecule has 7 heterocycles. The van der Waals surface area contributed by atoms with E-state index in [0.29, 0.717) is 11.8 Å². The second-order valence-corrected chi connectivity index (χ2v) is 8.17. The molecule has 132 valence electrons. The van der Waals surface area contributed by atoms with Crippen LogP contribution >= 0.6 is 0 Å². The van der Waals surface area contributed by atoms with Crippen molar-refractivity contribution in [2.45, 2.75) is 23.9 Å². The number of benzene rings is 2. The third-order valence-electron chi connectivity index (χ3n) is 7.01. The van der Waals surface area contributed by atoms with Crippen LogP contribution in [0.5, 0.6) is 0 Å². The van der Waals surface area contributed by atoms with Gasteiger partial charge in [-0.05, 0) is 11.1 Å². The Labute approximate surface area is 164 Å². The van der Waals surface area contributed by atoms with Gasteiger partial charge in [-0.25, -0.2) is 0 Å². The summed E-state index contributed by atoms with van der Waals surface area (Å²) in [5.41, 5.74) is 8.82. The molecule has 28 heavy (non-hydrogen) atoms. The summed E-state index contributed by atoms with van der Waals surface area (Å²) >= 11 is 0. The molecule has 0 spiro atoms. The molecule has 0 fully saturated rings. The fraction of sp³-hybridized carbons (Fsp3) is 0.154. The quantitative estimate of drug-likeness (QED) is 0.418. The Kier molecular flexibility index (Phi) is 2.72. The Balaban J connectivity index is 1.69. The Morgan fingerprint density at radius 1 is 0.429 bits per heavy atom. The summed E-state index contributed by atoms with van der Waals surface area (Å²) in [4.78, 5) is 0. The van der Waals surface area contributed by atoms with Crippen LogP contribution in [0.15, 0.2) is 97.3 Å². The maximum absolute atomic E-state index is 2.55. The van der Waals surface area contributed by atoms with Crippen LogP contribution in [0.1, 0.15) is 57.6 Å². The van der Waals surface area contributed by atoms with Gasteiger partial charge in [0.1, 0.15) is 0 Å². The molecular formula is C26H20N2+2. The summed E-state index contributed by atoms with van der Waals surface area (Å²) in [6, 6.07) is 32.2. The van der Waals surface area contributed by atoms with Gasteiger partial charge in [0.05, 0.1) is 11.8 Å². The zero-order valence-corrected chi connectivity index (χ0v) is 15.4. The summed E-state index contributed by atoms with van der Waals surface area (Å²) in [5.74, 6) is 0.648. The fourth-order valence-corrected chi connectivity index (χ4v) is 6.06. The maximum atomic E-state index is 2.55. The first kappa shape index (κ1) is 14.8. The lowest BCUT2D eigenvalue weighted by molar-refractivity contribution is -0.817. The smallest absolute Gasteiger partial charge is 0.188 e. The van der Waals surface area contributed by atoms with Crippen LogP contribution < -0.4 is 9.13 Å². The molecule has 0 amide bonds. The van der Waals surface area contributed by atoms with E-state index >= 15 is 0 Å². The van der Waals surface area contributed by atoms with Crippen LogP contribution in [0.2, 0.25) is 0 Å². The molecule has 10 rings (SSSR count). The lowest BCUT2D eigenvalue weighted by Gasteiger charge is -2.41. The molecule has 0 radical (unpaired) electrons. The maximum Gasteiger partial charge on any atom is 0.249 e. The minimum atomic E-state index is 0.261. The summed E-state index contributed by atoms with van der Waals surface area (Å²) in [6.07, 6.45) is 4.57. The highest BCUT2D eigenvalue weighted by Crippen LogP contribution is 2.54. The van der Waals surface area contributed by atoms with Crippen molar-refractivity contribution in [1.29, 1.82) is 0 Å². The van der Waals surface area contributed by atoms with Crippen molar-refractivity contribution < 1.29 is 9.13 Å². The van der Waals surface area contributed by atoms with E-state index in [1.54, 1.807) is 0 Å². The van der Waals surface area contributed by atoms with Gasteiger partial charge in [0.25, 0.3) is 0 Å². The Hall–Kier alpha value is -3.26. The Morgan fingerprint density at radius 3 is 1.29 bits per heavy atom. The van der Waals surface area contributed by atoms with Crippen LogP contribution in [0.4, 0.5) is 0 Å². The first-order chi connectivity index (χ1) is 13.9. The number of hydrogen-bond acceptors (Lipinski definition) is 0. The van der Waals surface area contributed by atoms with Crippen molar-refractivity contribution in [2.75, 3.05) is 0 Å². The van der Waals surface area contributed by atoms with Crippen molar-refractivity contribution in [3.8, 4) is 0 Å². The second kappa shape index (κ2) is 5.17. The van der Waals surface area contributed by atoms with E-state index in [-0.39, 0.29) is 12.1 Å². The molecule has 2 aromatic carbocycles. The molecule has 1 aliphatic carbocycles. The number of nitrogens with zero attached hydrogens (tertiary/aromatic N) is 2. The van der Waals surface area contributed by atoms with E-state index in [4.69, 9.17) is 0 Å². The standard InChI is InChI=1S/C26H20N2/c1-3-11-19-17(9-1)23-21-13-5-7-15-27(21)25(19)26-20-12-4-2-10-18(20)24(23)22-14-6-8-16-28(22)26/h1-16,23-26H/q+2/t23-,24+,25-,26+. The zero-order chi connectivity index (χ0) is 18.2. The first-order valence-corrected chi connectivity index (χ1v) is 10.1. The molecule has 0 N–H and O–H groups in total. The van der Waals surface area contributed by atoms with Crippen LogP contribution in [0.25, 0.3) is 0 Å². The van der Waals surface area contributed by atoms with Crippen LogP contribution in [0, 0.1) is 0 Å². The second-order valence-electron chi connectivity index (χ2n) is 8.17. The highest BCUT2D eigenvalue weighted by Gasteiger charge is 2.58. The zero-order valence-electron chi connectivity index (χ0n) is 15.4. The predicted octanol–water partition coefficient (Wildman–Crippen LogP) is 4.04. The van der Waals surface area contributed by atoms with E-state index in [9.17, 15) is 0 Å². The van der Waals surface area contributed by atoms with Gasteiger partial charge < -0.3 is 0 Å². The van der Waals surface area contributed by atoms with Crippen LogP contribution in [-0.4, -0.2) is 0 Å². The fourth-order valence-electron chi connectivity index (χ4n) is 6.06. The summed E-state index contributed by atoms with van der Waals surface area (Å²) in [6.45, 7) is 0. The molecule has 4 atom stereocenters. The lowest BCUT2D eigenvalue weighted by atomic mass is 9.65. The third-order valence-corrected chi connectivity index (χ3v) is 7.01. The SMILES string of the molecule is c1ccc2c(c1)[C@@H]1c3cccc[n+]3[C@H]2[C@@H]2c3ccccc3[C@H]1c1cccc[n+]12. The Morgan fingerprint density at radius 2 is 0.821 bits per heavy atom. The van der Waals surface area contributed by atoms with Gasteiger partial charge in [-0.3, -0.25) is 0 Å². The minimum absolute atomic E-state index is 0.261. The van der Waals surface area contributed by atoms with Crippen LogP contribution in [0.3, 0.4) is 0 Å². The monoisotopic (exact) mass is 360 g/mol. The number of pyridine rings is 2. The average Bonchev–Trinajstić information content (AvgIpc) is 2.74. The summed E-state index contributed by atoms with van der Waals surface area (Å²) < 4.78 is 5.09. The van der Waals surface area contributed by atoms with Gasteiger partial charge >= 0.3 is 0 Å². The van der Waals surface area contributed by atoms with Gasteiger partial charge in [0, 0.05) is 35.4 Å². The highest BCUT2D eigenvalue weighted by molar-refractivity contribution is 5.51. The van der Waals surface area contributed by atoms with Crippen molar-refractivity contribution in [2.24, 2.45) is 0 Å². The van der Waals surface area contributed by atoms with E-state index in [0.717, 1.165) is 0 Å². The van der Waals surface area contributed by atoms with Crippen molar-refractivity contribution in [3.63, 3.8) is 0 Å². The minimum Gasteiger partial charge on any atom is -0.188 e. The predicted molar refractivity (Wildman–Crippen MR) is 106 cm³/mol. The number of rotatable bonds is 0. The molecule has 4 aromatic rings. The molecule has 0 unspecified atom stereocenters. The molecular weight excluding hydrogens is 340 g/mol. The van der Waals surface area contributed by atoms with Gasteiger partial charge in [-0.2, -0.15) is 9.13 Å². The van der Waals surface area contributed by atoms with Gasteiger partial charge in [-0.1, -0.05) is 60.7 Å².